The van der Waals surface area contributed by atoms with Gasteiger partial charge in [0.25, 0.3) is 0 Å². The minimum atomic E-state index is -1.03. The van der Waals surface area contributed by atoms with Gasteiger partial charge in [0, 0.05) is 10.5 Å². The zero-order valence-electron chi connectivity index (χ0n) is 6.50. The molecule has 0 saturated carbocycles. The molecule has 0 aliphatic carbocycles. The van der Waals surface area contributed by atoms with Crippen molar-refractivity contribution in [2.45, 2.75) is 0 Å². The van der Waals surface area contributed by atoms with Gasteiger partial charge in [0.05, 0.1) is 0 Å². The molecular formula is C9H6BrFO2. The molecule has 0 amide bonds. The molecule has 0 fully saturated rings. The Morgan fingerprint density at radius 3 is 2.77 bits per heavy atom. The molecule has 0 radical (unpaired) electrons. The summed E-state index contributed by atoms with van der Waals surface area (Å²) in [6, 6.07) is 4.05. The van der Waals surface area contributed by atoms with E-state index in [4.69, 9.17) is 5.11 Å². The molecule has 0 aliphatic heterocycles. The van der Waals surface area contributed by atoms with Crippen LogP contribution in [0.2, 0.25) is 0 Å². The van der Waals surface area contributed by atoms with Crippen LogP contribution >= 0.6 is 15.9 Å². The van der Waals surface area contributed by atoms with Crippen LogP contribution in [-0.4, -0.2) is 11.1 Å². The van der Waals surface area contributed by atoms with E-state index in [1.54, 1.807) is 0 Å². The molecule has 0 unspecified atom stereocenters. The number of halogens is 2. The Morgan fingerprint density at radius 2 is 2.23 bits per heavy atom. The largest absolute Gasteiger partial charge is 0.478 e. The lowest BCUT2D eigenvalue weighted by Gasteiger charge is -1.96. The highest BCUT2D eigenvalue weighted by atomic mass is 79.9. The van der Waals surface area contributed by atoms with Crippen molar-refractivity contribution in [3.63, 3.8) is 0 Å². The summed E-state index contributed by atoms with van der Waals surface area (Å²) in [5, 5.41) is 8.34. The van der Waals surface area contributed by atoms with Crippen LogP contribution in [0.3, 0.4) is 0 Å². The lowest BCUT2D eigenvalue weighted by Crippen LogP contribution is -1.86. The molecule has 68 valence electrons. The average molecular weight is 245 g/mol. The van der Waals surface area contributed by atoms with E-state index in [0.29, 0.717) is 10.0 Å². The Labute approximate surface area is 82.8 Å². The molecule has 1 aromatic rings. The fraction of sp³-hybridized carbons (Fsp3) is 0. The molecule has 0 atom stereocenters. The zero-order valence-corrected chi connectivity index (χ0v) is 8.08. The fourth-order valence-electron chi connectivity index (χ4n) is 0.798. The Kier molecular flexibility index (Phi) is 3.19. The first-order valence-corrected chi connectivity index (χ1v) is 4.25. The first-order valence-electron chi connectivity index (χ1n) is 3.45. The highest BCUT2D eigenvalue weighted by Crippen LogP contribution is 2.19. The number of carboxylic acid groups (broad SMARTS) is 1. The first-order chi connectivity index (χ1) is 6.09. The summed E-state index contributed by atoms with van der Waals surface area (Å²) in [6.07, 6.45) is 2.39. The molecule has 1 rings (SSSR count). The van der Waals surface area contributed by atoms with Crippen molar-refractivity contribution in [3.05, 3.63) is 40.1 Å². The van der Waals surface area contributed by atoms with E-state index >= 15 is 0 Å². The monoisotopic (exact) mass is 244 g/mol. The summed E-state index contributed by atoms with van der Waals surface area (Å²) >= 11 is 3.11. The van der Waals surface area contributed by atoms with E-state index in [1.807, 2.05) is 0 Å². The van der Waals surface area contributed by atoms with Gasteiger partial charge in [-0.15, -0.1) is 0 Å². The number of carbonyl (C=O) groups is 1. The molecule has 0 heterocycles. The number of benzene rings is 1. The number of rotatable bonds is 2. The van der Waals surface area contributed by atoms with E-state index in [1.165, 1.54) is 24.3 Å². The van der Waals surface area contributed by atoms with Gasteiger partial charge in [-0.1, -0.05) is 22.0 Å². The third kappa shape index (κ3) is 2.99. The van der Waals surface area contributed by atoms with Gasteiger partial charge in [-0.2, -0.15) is 0 Å². The predicted molar refractivity (Wildman–Crippen MR) is 50.8 cm³/mol. The lowest BCUT2D eigenvalue weighted by molar-refractivity contribution is -0.131. The summed E-state index contributed by atoms with van der Waals surface area (Å²) in [5.41, 5.74) is 0.629. The number of carboxylic acids is 1. The van der Waals surface area contributed by atoms with Gasteiger partial charge in [-0.05, 0) is 23.8 Å². The maximum absolute atomic E-state index is 12.6. The topological polar surface area (TPSA) is 37.3 Å². The Hall–Kier alpha value is -1.16. The molecule has 0 spiro atoms. The maximum Gasteiger partial charge on any atom is 0.328 e. The van der Waals surface area contributed by atoms with Crippen LogP contribution in [0.1, 0.15) is 5.56 Å². The Morgan fingerprint density at radius 1 is 1.54 bits per heavy atom. The van der Waals surface area contributed by atoms with Crippen molar-refractivity contribution in [1.82, 2.24) is 0 Å². The highest BCUT2D eigenvalue weighted by molar-refractivity contribution is 9.10. The van der Waals surface area contributed by atoms with Crippen LogP contribution in [0.15, 0.2) is 28.7 Å². The third-order valence-corrected chi connectivity index (χ3v) is 2.05. The lowest BCUT2D eigenvalue weighted by atomic mass is 10.2. The summed E-state index contributed by atoms with van der Waals surface area (Å²) in [5.74, 6) is -1.39. The molecule has 0 aliphatic rings. The Balaban J connectivity index is 2.96. The SMILES string of the molecule is O=C(O)/C=C\c1ccc(F)cc1Br. The number of hydrogen-bond donors (Lipinski definition) is 1. The molecule has 1 N–H and O–H groups in total. The van der Waals surface area contributed by atoms with E-state index in [9.17, 15) is 9.18 Å². The van der Waals surface area contributed by atoms with Gasteiger partial charge in [0.1, 0.15) is 5.82 Å². The maximum atomic E-state index is 12.6. The van der Waals surface area contributed by atoms with Crippen molar-refractivity contribution >= 4 is 28.0 Å². The van der Waals surface area contributed by atoms with E-state index < -0.39 is 5.97 Å². The summed E-state index contributed by atoms with van der Waals surface area (Å²) in [7, 11) is 0. The molecule has 2 nitrogen and oxygen atoms in total. The summed E-state index contributed by atoms with van der Waals surface area (Å²) in [4.78, 5) is 10.2. The molecule has 0 aromatic heterocycles. The van der Waals surface area contributed by atoms with Crippen LogP contribution in [0.4, 0.5) is 4.39 Å². The van der Waals surface area contributed by atoms with Gasteiger partial charge in [0.15, 0.2) is 0 Å². The smallest absolute Gasteiger partial charge is 0.328 e. The van der Waals surface area contributed by atoms with Crippen molar-refractivity contribution in [2.24, 2.45) is 0 Å². The van der Waals surface area contributed by atoms with E-state index in [2.05, 4.69) is 15.9 Å². The fourth-order valence-corrected chi connectivity index (χ4v) is 1.28. The van der Waals surface area contributed by atoms with Crippen LogP contribution in [0.25, 0.3) is 6.08 Å². The first kappa shape index (κ1) is 9.92. The molecule has 13 heavy (non-hydrogen) atoms. The van der Waals surface area contributed by atoms with E-state index in [0.717, 1.165) is 6.08 Å². The van der Waals surface area contributed by atoms with Crippen molar-refractivity contribution in [3.8, 4) is 0 Å². The molecule has 0 saturated heterocycles. The van der Waals surface area contributed by atoms with Crippen molar-refractivity contribution in [1.29, 1.82) is 0 Å². The minimum Gasteiger partial charge on any atom is -0.478 e. The van der Waals surface area contributed by atoms with Gasteiger partial charge in [-0.25, -0.2) is 9.18 Å². The number of hydrogen-bond acceptors (Lipinski definition) is 1. The molecular weight excluding hydrogens is 239 g/mol. The third-order valence-electron chi connectivity index (χ3n) is 1.37. The normalized spacial score (nSPS) is 10.6. The van der Waals surface area contributed by atoms with Crippen molar-refractivity contribution in [2.75, 3.05) is 0 Å². The standard InChI is InChI=1S/C9H6BrFO2/c10-8-5-7(11)3-1-6(8)2-4-9(12)13/h1-5H,(H,12,13)/b4-2-. The van der Waals surface area contributed by atoms with Gasteiger partial charge in [-0.3, -0.25) is 0 Å². The molecule has 0 bridgehead atoms. The second-order valence-electron chi connectivity index (χ2n) is 2.34. The van der Waals surface area contributed by atoms with Gasteiger partial charge in [0.2, 0.25) is 0 Å². The van der Waals surface area contributed by atoms with E-state index in [-0.39, 0.29) is 5.82 Å². The summed E-state index contributed by atoms with van der Waals surface area (Å²) < 4.78 is 13.1. The quantitative estimate of drug-likeness (QED) is 0.813. The molecule has 1 aromatic carbocycles. The second kappa shape index (κ2) is 4.18. The Bertz CT molecular complexity index is 361. The van der Waals surface area contributed by atoms with Crippen LogP contribution in [0.5, 0.6) is 0 Å². The summed E-state index contributed by atoms with van der Waals surface area (Å²) in [6.45, 7) is 0. The average Bonchev–Trinajstić information content (AvgIpc) is 2.02. The van der Waals surface area contributed by atoms with Crippen LogP contribution in [-0.2, 0) is 4.79 Å². The highest BCUT2D eigenvalue weighted by Gasteiger charge is 1.98. The predicted octanol–water partition coefficient (Wildman–Crippen LogP) is 2.69. The second-order valence-corrected chi connectivity index (χ2v) is 3.19. The molecule has 4 heteroatoms. The minimum absolute atomic E-state index is 0.362. The van der Waals surface area contributed by atoms with Crippen molar-refractivity contribution < 1.29 is 14.3 Å². The zero-order chi connectivity index (χ0) is 9.84. The van der Waals surface area contributed by atoms with Crippen LogP contribution in [0, 0.1) is 5.82 Å². The van der Waals surface area contributed by atoms with Gasteiger partial charge < -0.3 is 5.11 Å². The number of aliphatic carboxylic acids is 1. The van der Waals surface area contributed by atoms with Gasteiger partial charge >= 0.3 is 5.97 Å². The van der Waals surface area contributed by atoms with Crippen LogP contribution < -0.4 is 0 Å².